The van der Waals surface area contributed by atoms with E-state index >= 15 is 0 Å². The van der Waals surface area contributed by atoms with Crippen LogP contribution in [-0.2, 0) is 0 Å². The van der Waals surface area contributed by atoms with E-state index in [0.717, 1.165) is 15.9 Å². The highest BCUT2D eigenvalue weighted by molar-refractivity contribution is 5.76. The van der Waals surface area contributed by atoms with Crippen LogP contribution in [0.1, 0.15) is 11.1 Å². The van der Waals surface area contributed by atoms with Crippen LogP contribution >= 0.6 is 0 Å². The third-order valence-corrected chi connectivity index (χ3v) is 2.32. The van der Waals surface area contributed by atoms with Crippen LogP contribution in [0.3, 0.4) is 0 Å². The standard InChI is InChI=1S/C14H13NO/c1-12-6-5-7-13(10-12)11-15(16)14-8-3-2-4-9-14/h2-11H,1H3. The molecule has 2 rings (SSSR count). The molecule has 2 aromatic carbocycles. The van der Waals surface area contributed by atoms with E-state index in [1.807, 2.05) is 49.4 Å². The fourth-order valence-corrected chi connectivity index (χ4v) is 1.54. The predicted octanol–water partition coefficient (Wildman–Crippen LogP) is 3.26. The van der Waals surface area contributed by atoms with Gasteiger partial charge >= 0.3 is 0 Å². The van der Waals surface area contributed by atoms with Gasteiger partial charge in [-0.2, -0.15) is 4.74 Å². The maximum Gasteiger partial charge on any atom is 0.216 e. The van der Waals surface area contributed by atoms with Gasteiger partial charge in [0.2, 0.25) is 5.69 Å². The minimum atomic E-state index is 0.643. The van der Waals surface area contributed by atoms with Crippen molar-refractivity contribution in [2.75, 3.05) is 0 Å². The van der Waals surface area contributed by atoms with E-state index in [-0.39, 0.29) is 0 Å². The van der Waals surface area contributed by atoms with Gasteiger partial charge in [-0.3, -0.25) is 0 Å². The molecule has 0 aliphatic rings. The Bertz CT molecular complexity index is 503. The molecule has 0 aromatic heterocycles. The molecule has 0 amide bonds. The van der Waals surface area contributed by atoms with E-state index in [0.29, 0.717) is 5.69 Å². The number of hydrogen-bond donors (Lipinski definition) is 0. The van der Waals surface area contributed by atoms with Gasteiger partial charge in [-0.05, 0) is 19.1 Å². The van der Waals surface area contributed by atoms with Gasteiger partial charge in [0.1, 0.15) is 0 Å². The van der Waals surface area contributed by atoms with Crippen molar-refractivity contribution in [2.45, 2.75) is 6.92 Å². The molecule has 0 aliphatic carbocycles. The summed E-state index contributed by atoms with van der Waals surface area (Å²) in [7, 11) is 0. The van der Waals surface area contributed by atoms with E-state index in [4.69, 9.17) is 0 Å². The molecule has 0 fully saturated rings. The minimum absolute atomic E-state index is 0.643. The highest BCUT2D eigenvalue weighted by atomic mass is 16.5. The van der Waals surface area contributed by atoms with Gasteiger partial charge < -0.3 is 5.21 Å². The zero-order chi connectivity index (χ0) is 11.4. The van der Waals surface area contributed by atoms with E-state index in [1.54, 1.807) is 18.3 Å². The summed E-state index contributed by atoms with van der Waals surface area (Å²) in [6, 6.07) is 17.0. The van der Waals surface area contributed by atoms with E-state index < -0.39 is 0 Å². The summed E-state index contributed by atoms with van der Waals surface area (Å²) in [6.45, 7) is 2.01. The highest BCUT2D eigenvalue weighted by Gasteiger charge is 1.99. The summed E-state index contributed by atoms with van der Waals surface area (Å²) in [5, 5.41) is 11.8. The second kappa shape index (κ2) is 4.62. The SMILES string of the molecule is Cc1cccc(C=[N+]([O-])c2ccccc2)c1. The smallest absolute Gasteiger partial charge is 0.216 e. The van der Waals surface area contributed by atoms with Crippen molar-refractivity contribution >= 4 is 11.9 Å². The van der Waals surface area contributed by atoms with Crippen LogP contribution < -0.4 is 0 Å². The van der Waals surface area contributed by atoms with E-state index in [2.05, 4.69) is 0 Å². The van der Waals surface area contributed by atoms with Crippen molar-refractivity contribution < 1.29 is 4.74 Å². The lowest BCUT2D eigenvalue weighted by molar-refractivity contribution is -0.354. The maximum atomic E-state index is 11.8. The average Bonchev–Trinajstić information content (AvgIpc) is 2.30. The third-order valence-electron chi connectivity index (χ3n) is 2.32. The monoisotopic (exact) mass is 211 g/mol. The molecule has 0 saturated carbocycles. The number of hydrogen-bond acceptors (Lipinski definition) is 1. The van der Waals surface area contributed by atoms with Crippen LogP contribution in [0.2, 0.25) is 0 Å². The van der Waals surface area contributed by atoms with Crippen molar-refractivity contribution in [3.63, 3.8) is 0 Å². The molecule has 0 saturated heterocycles. The largest absolute Gasteiger partial charge is 0.618 e. The molecule has 0 spiro atoms. The maximum absolute atomic E-state index is 11.8. The quantitative estimate of drug-likeness (QED) is 0.324. The Morgan fingerprint density at radius 1 is 1.00 bits per heavy atom. The zero-order valence-electron chi connectivity index (χ0n) is 9.13. The first-order valence-corrected chi connectivity index (χ1v) is 5.19. The lowest BCUT2D eigenvalue weighted by atomic mass is 10.1. The Morgan fingerprint density at radius 2 is 1.75 bits per heavy atom. The van der Waals surface area contributed by atoms with Gasteiger partial charge in [0.15, 0.2) is 6.21 Å². The van der Waals surface area contributed by atoms with Crippen molar-refractivity contribution in [3.05, 3.63) is 70.9 Å². The Kier molecular flexibility index (Phi) is 3.01. The van der Waals surface area contributed by atoms with Gasteiger partial charge in [-0.25, -0.2) is 0 Å². The molecule has 2 nitrogen and oxygen atoms in total. The Balaban J connectivity index is 2.32. The first-order chi connectivity index (χ1) is 7.75. The molecule has 0 aliphatic heterocycles. The van der Waals surface area contributed by atoms with Crippen molar-refractivity contribution in [1.29, 1.82) is 0 Å². The normalized spacial score (nSPS) is 11.4. The molecule has 0 unspecified atom stereocenters. The molecule has 80 valence electrons. The number of benzene rings is 2. The van der Waals surface area contributed by atoms with Gasteiger partial charge in [0, 0.05) is 17.7 Å². The topological polar surface area (TPSA) is 26.1 Å². The van der Waals surface area contributed by atoms with Gasteiger partial charge in [-0.1, -0.05) is 35.9 Å². The van der Waals surface area contributed by atoms with Gasteiger partial charge in [0.05, 0.1) is 0 Å². The minimum Gasteiger partial charge on any atom is -0.618 e. The highest BCUT2D eigenvalue weighted by Crippen LogP contribution is 2.09. The second-order valence-corrected chi connectivity index (χ2v) is 3.70. The molecular weight excluding hydrogens is 198 g/mol. The summed E-state index contributed by atoms with van der Waals surface area (Å²) in [4.78, 5) is 0. The lowest BCUT2D eigenvalue weighted by Crippen LogP contribution is -1.98. The van der Waals surface area contributed by atoms with Crippen LogP contribution in [0.5, 0.6) is 0 Å². The average molecular weight is 211 g/mol. The van der Waals surface area contributed by atoms with E-state index in [1.165, 1.54) is 0 Å². The fourth-order valence-electron chi connectivity index (χ4n) is 1.54. The van der Waals surface area contributed by atoms with Crippen molar-refractivity contribution in [1.82, 2.24) is 0 Å². The summed E-state index contributed by atoms with van der Waals surface area (Å²) < 4.78 is 0.884. The molecule has 0 atom stereocenters. The Morgan fingerprint density at radius 3 is 2.44 bits per heavy atom. The van der Waals surface area contributed by atoms with E-state index in [9.17, 15) is 5.21 Å². The molecule has 0 N–H and O–H groups in total. The predicted molar refractivity (Wildman–Crippen MR) is 66.1 cm³/mol. The Labute approximate surface area is 95.1 Å². The van der Waals surface area contributed by atoms with Crippen LogP contribution in [0.25, 0.3) is 0 Å². The third kappa shape index (κ3) is 2.48. The summed E-state index contributed by atoms with van der Waals surface area (Å²) in [5.41, 5.74) is 2.71. The fraction of sp³-hybridized carbons (Fsp3) is 0.0714. The van der Waals surface area contributed by atoms with Crippen molar-refractivity contribution in [3.8, 4) is 0 Å². The lowest BCUT2D eigenvalue weighted by Gasteiger charge is -2.02. The zero-order valence-corrected chi connectivity index (χ0v) is 9.13. The van der Waals surface area contributed by atoms with Gasteiger partial charge in [0.25, 0.3) is 0 Å². The number of para-hydroxylation sites is 1. The van der Waals surface area contributed by atoms with Crippen LogP contribution in [0.4, 0.5) is 5.69 Å². The molecule has 2 aromatic rings. The van der Waals surface area contributed by atoms with Gasteiger partial charge in [-0.15, -0.1) is 0 Å². The molecule has 2 heteroatoms. The summed E-state index contributed by atoms with van der Waals surface area (Å²) in [6.07, 6.45) is 1.59. The molecule has 16 heavy (non-hydrogen) atoms. The Hall–Kier alpha value is -2.09. The van der Waals surface area contributed by atoms with Crippen LogP contribution in [-0.4, -0.2) is 11.0 Å². The summed E-state index contributed by atoms with van der Waals surface area (Å²) in [5.74, 6) is 0. The molecule has 0 heterocycles. The number of rotatable bonds is 2. The van der Waals surface area contributed by atoms with Crippen LogP contribution in [0.15, 0.2) is 54.6 Å². The molecular formula is C14H13NO. The second-order valence-electron chi connectivity index (χ2n) is 3.70. The summed E-state index contributed by atoms with van der Waals surface area (Å²) >= 11 is 0. The first kappa shape index (κ1) is 10.4. The molecule has 0 radical (unpaired) electrons. The first-order valence-electron chi connectivity index (χ1n) is 5.19. The van der Waals surface area contributed by atoms with Crippen molar-refractivity contribution in [2.24, 2.45) is 0 Å². The number of nitrogens with zero attached hydrogens (tertiary/aromatic N) is 1. The molecule has 0 bridgehead atoms. The van der Waals surface area contributed by atoms with Crippen LogP contribution in [0, 0.1) is 12.1 Å². The number of aryl methyl sites for hydroxylation is 1.